The monoisotopic (exact) mass is 456 g/mol. The summed E-state index contributed by atoms with van der Waals surface area (Å²) < 4.78 is 1.84. The predicted molar refractivity (Wildman–Crippen MR) is 132 cm³/mol. The van der Waals surface area contributed by atoms with Crippen LogP contribution in [0.1, 0.15) is 11.1 Å². The van der Waals surface area contributed by atoms with E-state index in [0.717, 1.165) is 28.1 Å². The van der Waals surface area contributed by atoms with Gasteiger partial charge in [0.2, 0.25) is 0 Å². The second-order valence-corrected chi connectivity index (χ2v) is 7.95. The Morgan fingerprint density at radius 3 is 2.44 bits per heavy atom. The molecule has 0 unspecified atom stereocenters. The van der Waals surface area contributed by atoms with Gasteiger partial charge >= 0.3 is 0 Å². The lowest BCUT2D eigenvalue weighted by molar-refractivity contribution is 0.691. The van der Waals surface area contributed by atoms with Crippen molar-refractivity contribution in [3.05, 3.63) is 101 Å². The molecular formula is C24H17ClN6S. The van der Waals surface area contributed by atoms with Gasteiger partial charge in [0.25, 0.3) is 0 Å². The molecule has 0 atom stereocenters. The molecule has 2 aromatic heterocycles. The average molecular weight is 457 g/mol. The third-order valence-electron chi connectivity index (χ3n) is 4.93. The van der Waals surface area contributed by atoms with Crippen molar-refractivity contribution in [3.8, 4) is 16.9 Å². The Kier molecular flexibility index (Phi) is 5.58. The highest BCUT2D eigenvalue weighted by Gasteiger charge is 2.23. The van der Waals surface area contributed by atoms with Crippen LogP contribution in [0.2, 0.25) is 5.02 Å². The van der Waals surface area contributed by atoms with Gasteiger partial charge in [0, 0.05) is 40.3 Å². The Labute approximate surface area is 195 Å². The minimum absolute atomic E-state index is 0.428. The second kappa shape index (κ2) is 8.82. The first-order valence-electron chi connectivity index (χ1n) is 9.92. The summed E-state index contributed by atoms with van der Waals surface area (Å²) in [7, 11) is 0. The molecular weight excluding hydrogens is 440 g/mol. The molecule has 32 heavy (non-hydrogen) atoms. The lowest BCUT2D eigenvalue weighted by Crippen LogP contribution is -2.27. The van der Waals surface area contributed by atoms with Crippen molar-refractivity contribution in [2.75, 3.05) is 6.54 Å². The first kappa shape index (κ1) is 20.2. The van der Waals surface area contributed by atoms with Crippen LogP contribution >= 0.6 is 23.8 Å². The first-order chi connectivity index (χ1) is 15.7. The van der Waals surface area contributed by atoms with E-state index in [-0.39, 0.29) is 0 Å². The summed E-state index contributed by atoms with van der Waals surface area (Å²) in [6.45, 7) is 0.428. The SMILES string of the molecule is S=C1CN=C(c2ccncc2)N1/N=C/c1cn(-c2ccccc2)nc1-c1ccc(Cl)cc1. The largest absolute Gasteiger partial charge is 0.265 e. The van der Waals surface area contributed by atoms with Gasteiger partial charge in [0.15, 0.2) is 5.84 Å². The number of hydrogen-bond acceptors (Lipinski definition) is 5. The number of nitrogens with zero attached hydrogens (tertiary/aromatic N) is 6. The number of benzene rings is 2. The zero-order valence-corrected chi connectivity index (χ0v) is 18.4. The molecule has 8 heteroatoms. The number of hydrogen-bond donors (Lipinski definition) is 0. The molecule has 156 valence electrons. The quantitative estimate of drug-likeness (QED) is 0.313. The maximum absolute atomic E-state index is 6.09. The van der Waals surface area contributed by atoms with E-state index in [2.05, 4.69) is 15.1 Å². The van der Waals surface area contributed by atoms with E-state index in [0.29, 0.717) is 22.4 Å². The van der Waals surface area contributed by atoms with Crippen LogP contribution in [0, 0.1) is 0 Å². The topological polar surface area (TPSA) is 58.7 Å². The minimum atomic E-state index is 0.428. The molecule has 5 rings (SSSR count). The number of halogens is 1. The fraction of sp³-hybridized carbons (Fsp3) is 0.0417. The Hall–Kier alpha value is -3.68. The third kappa shape index (κ3) is 4.08. The van der Waals surface area contributed by atoms with Crippen molar-refractivity contribution >= 4 is 40.9 Å². The maximum Gasteiger partial charge on any atom is 0.157 e. The number of pyridine rings is 1. The molecule has 3 heterocycles. The molecule has 2 aromatic carbocycles. The molecule has 1 aliphatic rings. The summed E-state index contributed by atoms with van der Waals surface area (Å²) in [6.07, 6.45) is 7.17. The Bertz CT molecular complexity index is 1310. The van der Waals surface area contributed by atoms with Crippen LogP contribution < -0.4 is 0 Å². The van der Waals surface area contributed by atoms with E-state index in [9.17, 15) is 0 Å². The smallest absolute Gasteiger partial charge is 0.157 e. The highest BCUT2D eigenvalue weighted by Crippen LogP contribution is 2.25. The van der Waals surface area contributed by atoms with E-state index in [4.69, 9.17) is 28.9 Å². The number of aliphatic imine (C=N–C) groups is 1. The minimum Gasteiger partial charge on any atom is -0.265 e. The van der Waals surface area contributed by atoms with Crippen LogP contribution in [0.15, 0.2) is 95.4 Å². The summed E-state index contributed by atoms with van der Waals surface area (Å²) in [5.74, 6) is 0.706. The van der Waals surface area contributed by atoms with Gasteiger partial charge in [-0.25, -0.2) is 9.69 Å². The van der Waals surface area contributed by atoms with Crippen molar-refractivity contribution in [1.29, 1.82) is 0 Å². The summed E-state index contributed by atoms with van der Waals surface area (Å²) in [4.78, 5) is 9.26. The molecule has 0 radical (unpaired) electrons. The molecule has 0 fully saturated rings. The summed E-state index contributed by atoms with van der Waals surface area (Å²) in [5.41, 5.74) is 4.45. The van der Waals surface area contributed by atoms with Gasteiger partial charge in [0.05, 0.1) is 18.4 Å². The molecule has 1 aliphatic heterocycles. The number of para-hydroxylation sites is 1. The maximum atomic E-state index is 6.09. The second-order valence-electron chi connectivity index (χ2n) is 7.05. The molecule has 0 saturated carbocycles. The van der Waals surface area contributed by atoms with E-state index < -0.39 is 0 Å². The predicted octanol–water partition coefficient (Wildman–Crippen LogP) is 5.01. The van der Waals surface area contributed by atoms with Crippen LogP contribution in [-0.4, -0.2) is 43.4 Å². The van der Waals surface area contributed by atoms with E-state index in [1.165, 1.54) is 0 Å². The van der Waals surface area contributed by atoms with E-state index in [1.54, 1.807) is 23.6 Å². The van der Waals surface area contributed by atoms with Crippen LogP contribution in [0.3, 0.4) is 0 Å². The number of thiocarbonyl (C=S) groups is 1. The van der Waals surface area contributed by atoms with Crippen LogP contribution in [0.4, 0.5) is 0 Å². The van der Waals surface area contributed by atoms with Gasteiger partial charge in [-0.2, -0.15) is 10.2 Å². The van der Waals surface area contributed by atoms with Crippen LogP contribution in [-0.2, 0) is 0 Å². The lowest BCUT2D eigenvalue weighted by atomic mass is 10.1. The Morgan fingerprint density at radius 1 is 0.938 bits per heavy atom. The molecule has 0 N–H and O–H groups in total. The molecule has 0 spiro atoms. The van der Waals surface area contributed by atoms with Gasteiger partial charge in [-0.3, -0.25) is 9.98 Å². The van der Waals surface area contributed by atoms with Gasteiger partial charge < -0.3 is 0 Å². The highest BCUT2D eigenvalue weighted by molar-refractivity contribution is 7.80. The van der Waals surface area contributed by atoms with E-state index >= 15 is 0 Å². The van der Waals surface area contributed by atoms with Crippen molar-refractivity contribution in [2.24, 2.45) is 10.1 Å². The van der Waals surface area contributed by atoms with Crippen molar-refractivity contribution in [3.63, 3.8) is 0 Å². The fourth-order valence-electron chi connectivity index (χ4n) is 3.38. The molecule has 0 amide bonds. The molecule has 6 nitrogen and oxygen atoms in total. The lowest BCUT2D eigenvalue weighted by Gasteiger charge is -2.14. The normalized spacial score (nSPS) is 13.7. The van der Waals surface area contributed by atoms with Crippen molar-refractivity contribution in [1.82, 2.24) is 19.8 Å². The van der Waals surface area contributed by atoms with Gasteiger partial charge in [-0.05, 0) is 36.4 Å². The number of aromatic nitrogens is 3. The van der Waals surface area contributed by atoms with Gasteiger partial charge in [-0.15, -0.1) is 0 Å². The average Bonchev–Trinajstić information content (AvgIpc) is 3.43. The fourth-order valence-corrected chi connectivity index (χ4v) is 3.70. The first-order valence-corrected chi connectivity index (χ1v) is 10.7. The Balaban J connectivity index is 1.54. The summed E-state index contributed by atoms with van der Waals surface area (Å²) in [6, 6.07) is 21.3. The number of hydrazone groups is 1. The van der Waals surface area contributed by atoms with Crippen LogP contribution in [0.5, 0.6) is 0 Å². The number of rotatable bonds is 5. The molecule has 0 saturated heterocycles. The van der Waals surface area contributed by atoms with E-state index in [1.807, 2.05) is 77.6 Å². The zero-order chi connectivity index (χ0) is 21.9. The Morgan fingerprint density at radius 2 is 1.69 bits per heavy atom. The highest BCUT2D eigenvalue weighted by atomic mass is 35.5. The summed E-state index contributed by atoms with van der Waals surface area (Å²) >= 11 is 11.6. The standard InChI is InChI=1S/C24H17ClN6S/c25-20-8-6-17(7-9-20)23-19(16-30(29-23)21-4-2-1-3-5-21)14-28-31-22(32)15-27-24(31)18-10-12-26-13-11-18/h1-14,16H,15H2/b28-14+. The van der Waals surface area contributed by atoms with Gasteiger partial charge in [-0.1, -0.05) is 54.2 Å². The van der Waals surface area contributed by atoms with Crippen LogP contribution in [0.25, 0.3) is 16.9 Å². The molecule has 0 bridgehead atoms. The summed E-state index contributed by atoms with van der Waals surface area (Å²) in [5, 5.41) is 11.9. The zero-order valence-electron chi connectivity index (χ0n) is 16.8. The van der Waals surface area contributed by atoms with Gasteiger partial charge in [0.1, 0.15) is 10.7 Å². The third-order valence-corrected chi connectivity index (χ3v) is 5.49. The van der Waals surface area contributed by atoms with Crippen molar-refractivity contribution < 1.29 is 0 Å². The number of amidine groups is 1. The molecule has 0 aliphatic carbocycles. The van der Waals surface area contributed by atoms with Crippen molar-refractivity contribution in [2.45, 2.75) is 0 Å². The molecule has 4 aromatic rings.